The molecule has 0 unspecified atom stereocenters. The maximum Gasteiger partial charge on any atom is 0.161 e. The van der Waals surface area contributed by atoms with Crippen LogP contribution < -0.4 is 4.68 Å². The predicted octanol–water partition coefficient (Wildman–Crippen LogP) is 4.46. The minimum Gasteiger partial charge on any atom is -0.376 e. The third-order valence-electron chi connectivity index (χ3n) is 4.46. The Morgan fingerprint density at radius 2 is 1.70 bits per heavy atom. The van der Waals surface area contributed by atoms with Crippen molar-refractivity contribution in [1.82, 2.24) is 5.10 Å². The third kappa shape index (κ3) is 4.20. The van der Waals surface area contributed by atoms with Gasteiger partial charge in [0, 0.05) is 32.7 Å². The van der Waals surface area contributed by atoms with Crippen LogP contribution in [-0.4, -0.2) is 11.3 Å². The summed E-state index contributed by atoms with van der Waals surface area (Å²) in [6.07, 6.45) is 4.75. The zero-order valence-electron chi connectivity index (χ0n) is 15.3. The summed E-state index contributed by atoms with van der Waals surface area (Å²) >= 11 is 0. The van der Waals surface area contributed by atoms with Crippen molar-refractivity contribution in [1.29, 1.82) is 0 Å². The molecule has 0 bridgehead atoms. The first-order valence-corrected chi connectivity index (χ1v) is 8.51. The third-order valence-corrected chi connectivity index (χ3v) is 4.46. The Labute approximate surface area is 184 Å². The van der Waals surface area contributed by atoms with Crippen molar-refractivity contribution in [3.8, 4) is 11.3 Å². The van der Waals surface area contributed by atoms with Crippen LogP contribution in [0.25, 0.3) is 22.0 Å². The summed E-state index contributed by atoms with van der Waals surface area (Å²) in [6, 6.07) is 25.9. The molecule has 0 fully saturated rings. The van der Waals surface area contributed by atoms with Crippen LogP contribution in [0.15, 0.2) is 77.9 Å². The quantitative estimate of drug-likeness (QED) is 0.271. The number of aliphatic imine (C=N–C) groups is 1. The maximum absolute atomic E-state index is 4.44. The van der Waals surface area contributed by atoms with Gasteiger partial charge >= 0.3 is 0 Å². The van der Waals surface area contributed by atoms with E-state index in [0.717, 1.165) is 16.8 Å². The Balaban J connectivity index is 0.00000210. The van der Waals surface area contributed by atoms with E-state index in [2.05, 4.69) is 65.7 Å². The fraction of sp³-hybridized carbons (Fsp3) is 0.0870. The molecule has 0 aliphatic carbocycles. The second-order valence-corrected chi connectivity index (χ2v) is 6.18. The van der Waals surface area contributed by atoms with Crippen molar-refractivity contribution in [2.75, 3.05) is 0 Å². The van der Waals surface area contributed by atoms with Crippen LogP contribution in [0.1, 0.15) is 11.1 Å². The Morgan fingerprint density at radius 1 is 0.963 bits per heavy atom. The Hall–Kier alpha value is -2.23. The van der Waals surface area contributed by atoms with Crippen molar-refractivity contribution in [3.63, 3.8) is 0 Å². The fourth-order valence-electron chi connectivity index (χ4n) is 3.05. The van der Waals surface area contributed by atoms with E-state index >= 15 is 0 Å². The summed E-state index contributed by atoms with van der Waals surface area (Å²) in [6.45, 7) is 2.14. The van der Waals surface area contributed by atoms with Crippen LogP contribution in [0.3, 0.4) is 0 Å². The molecule has 0 saturated carbocycles. The SMILES string of the molecule is Cc1c(-c2[c-]c(N=[C-]c3ccccc3)cn[n+]2C)ccc2ccccc12.[Y]. The molecule has 1 radical (unpaired) electrons. The first kappa shape index (κ1) is 19.5. The van der Waals surface area contributed by atoms with Crippen LogP contribution in [0.4, 0.5) is 5.69 Å². The van der Waals surface area contributed by atoms with Gasteiger partial charge in [-0.1, -0.05) is 52.7 Å². The topological polar surface area (TPSA) is 29.1 Å². The second kappa shape index (κ2) is 8.64. The van der Waals surface area contributed by atoms with E-state index in [-0.39, 0.29) is 32.7 Å². The average molecular weight is 425 g/mol. The summed E-state index contributed by atoms with van der Waals surface area (Å²) < 4.78 is 1.83. The molecule has 4 heteroatoms. The summed E-state index contributed by atoms with van der Waals surface area (Å²) in [5.41, 5.74) is 4.82. The molecule has 0 N–H and O–H groups in total. The van der Waals surface area contributed by atoms with Gasteiger partial charge in [-0.3, -0.25) is 0 Å². The first-order valence-electron chi connectivity index (χ1n) is 8.51. The molecule has 0 aliphatic heterocycles. The van der Waals surface area contributed by atoms with E-state index in [1.165, 1.54) is 16.3 Å². The van der Waals surface area contributed by atoms with Crippen LogP contribution in [-0.2, 0) is 39.8 Å². The Morgan fingerprint density at radius 3 is 2.52 bits per heavy atom. The predicted molar refractivity (Wildman–Crippen MR) is 105 cm³/mol. The molecule has 4 rings (SSSR count). The van der Waals surface area contributed by atoms with Crippen molar-refractivity contribution in [2.45, 2.75) is 6.92 Å². The van der Waals surface area contributed by atoms with Crippen LogP contribution in [0.5, 0.6) is 0 Å². The number of fused-ring (bicyclic) bond motifs is 1. The maximum atomic E-state index is 4.44. The van der Waals surface area contributed by atoms with Gasteiger partial charge in [0.1, 0.15) is 5.69 Å². The van der Waals surface area contributed by atoms with Crippen LogP contribution >= 0.6 is 0 Å². The first-order chi connectivity index (χ1) is 12.7. The van der Waals surface area contributed by atoms with Gasteiger partial charge in [0.2, 0.25) is 0 Å². The molecule has 3 aromatic carbocycles. The fourth-order valence-corrected chi connectivity index (χ4v) is 3.05. The van der Waals surface area contributed by atoms with E-state index in [0.29, 0.717) is 5.69 Å². The molecule has 3 nitrogen and oxygen atoms in total. The molecular weight excluding hydrogens is 407 g/mol. The number of hydrogen-bond acceptors (Lipinski definition) is 2. The van der Waals surface area contributed by atoms with Crippen LogP contribution in [0, 0.1) is 13.0 Å². The van der Waals surface area contributed by atoms with E-state index < -0.39 is 0 Å². The number of nitrogens with zero attached hydrogens (tertiary/aromatic N) is 3. The van der Waals surface area contributed by atoms with Gasteiger partial charge < -0.3 is 4.99 Å². The number of aryl methyl sites for hydroxylation is 2. The van der Waals surface area contributed by atoms with Crippen molar-refractivity contribution in [2.24, 2.45) is 12.0 Å². The standard InChI is InChI=1S/C23H18N3.Y/c1-17-21-11-7-6-10-19(21)12-13-22(17)23-14-20(16-25-26(23)2)24-15-18-8-4-3-5-9-18;/h3-13,16H,1-2H3;/q-1;. The molecule has 27 heavy (non-hydrogen) atoms. The smallest absolute Gasteiger partial charge is 0.161 e. The molecule has 129 valence electrons. The van der Waals surface area contributed by atoms with E-state index in [4.69, 9.17) is 0 Å². The van der Waals surface area contributed by atoms with Gasteiger partial charge in [-0.25, -0.2) is 0 Å². The van der Waals surface area contributed by atoms with Crippen molar-refractivity contribution < 1.29 is 37.4 Å². The van der Waals surface area contributed by atoms with Gasteiger partial charge in [0.15, 0.2) is 7.05 Å². The van der Waals surface area contributed by atoms with Crippen molar-refractivity contribution >= 4 is 22.7 Å². The van der Waals surface area contributed by atoms with E-state index in [1.54, 1.807) is 6.20 Å². The van der Waals surface area contributed by atoms with E-state index in [9.17, 15) is 0 Å². The molecule has 0 atom stereocenters. The molecule has 1 heterocycles. The van der Waals surface area contributed by atoms with E-state index in [1.807, 2.05) is 42.1 Å². The Kier molecular flexibility index (Phi) is 6.25. The monoisotopic (exact) mass is 425 g/mol. The average Bonchev–Trinajstić information content (AvgIpc) is 2.69. The molecule has 0 aliphatic rings. The minimum absolute atomic E-state index is 0. The summed E-state index contributed by atoms with van der Waals surface area (Å²) in [4.78, 5) is 4.41. The van der Waals surface area contributed by atoms with Gasteiger partial charge in [0.25, 0.3) is 0 Å². The number of rotatable bonds is 3. The number of benzene rings is 3. The van der Waals surface area contributed by atoms with Gasteiger partial charge in [-0.2, -0.15) is 0 Å². The minimum atomic E-state index is 0. The van der Waals surface area contributed by atoms with Crippen molar-refractivity contribution in [3.05, 3.63) is 90.1 Å². The van der Waals surface area contributed by atoms with Crippen LogP contribution in [0.2, 0.25) is 0 Å². The summed E-state index contributed by atoms with van der Waals surface area (Å²) in [5.74, 6) is 0. The second-order valence-electron chi connectivity index (χ2n) is 6.18. The summed E-state index contributed by atoms with van der Waals surface area (Å²) in [7, 11) is 1.93. The Bertz CT molecular complexity index is 1110. The molecule has 4 aromatic rings. The molecule has 0 saturated heterocycles. The zero-order chi connectivity index (χ0) is 17.9. The normalized spacial score (nSPS) is 10.9. The molecular formula is C23H18N3Y-. The van der Waals surface area contributed by atoms with Gasteiger partial charge in [0.05, 0.1) is 0 Å². The molecule has 1 aromatic heterocycles. The summed E-state index contributed by atoms with van der Waals surface area (Å²) in [5, 5.41) is 6.91. The van der Waals surface area contributed by atoms with Gasteiger partial charge in [-0.15, -0.1) is 46.6 Å². The zero-order valence-corrected chi connectivity index (χ0v) is 18.2. The number of hydrogen-bond donors (Lipinski definition) is 0. The molecule has 0 spiro atoms. The largest absolute Gasteiger partial charge is 0.376 e. The number of aromatic nitrogens is 2. The molecule has 0 amide bonds. The van der Waals surface area contributed by atoms with Gasteiger partial charge in [-0.05, 0) is 35.7 Å².